The van der Waals surface area contributed by atoms with Gasteiger partial charge in [-0.1, -0.05) is 11.6 Å². The predicted molar refractivity (Wildman–Crippen MR) is 73.4 cm³/mol. The number of pyridine rings is 1. The average molecular weight is 276 g/mol. The molecule has 0 bridgehead atoms. The molecular formula is C15H14ClNO2. The van der Waals surface area contributed by atoms with Crippen molar-refractivity contribution >= 4 is 11.6 Å². The summed E-state index contributed by atoms with van der Waals surface area (Å²) in [6.45, 7) is 2.02. The molecule has 0 fully saturated rings. The number of rotatable bonds is 1. The molecule has 19 heavy (non-hydrogen) atoms. The van der Waals surface area contributed by atoms with Gasteiger partial charge in [-0.15, -0.1) is 0 Å². The maximum atomic E-state index is 10.2. The van der Waals surface area contributed by atoms with Gasteiger partial charge in [-0.3, -0.25) is 4.98 Å². The standard InChI is InChI=1S/C15H14ClNO2/c1-9-4-5-17-8-12(9)15-7-13(18)11-6-10(16)2-3-14(11)19-15/h2-6,8,13,15,18H,7H2,1H3/t13-,15?/m1/s1. The quantitative estimate of drug-likeness (QED) is 0.865. The molecule has 2 atom stereocenters. The Bertz CT molecular complexity index is 615. The second kappa shape index (κ2) is 4.83. The van der Waals surface area contributed by atoms with Crippen LogP contribution < -0.4 is 4.74 Å². The molecule has 0 aliphatic carbocycles. The average Bonchev–Trinajstić information content (AvgIpc) is 2.40. The van der Waals surface area contributed by atoms with Crippen molar-refractivity contribution in [3.8, 4) is 5.75 Å². The van der Waals surface area contributed by atoms with Gasteiger partial charge < -0.3 is 9.84 Å². The highest BCUT2D eigenvalue weighted by Gasteiger charge is 2.29. The van der Waals surface area contributed by atoms with E-state index >= 15 is 0 Å². The van der Waals surface area contributed by atoms with Crippen LogP contribution in [0.15, 0.2) is 36.7 Å². The number of aryl methyl sites for hydroxylation is 1. The van der Waals surface area contributed by atoms with Gasteiger partial charge in [0.05, 0.1) is 6.10 Å². The van der Waals surface area contributed by atoms with Crippen LogP contribution >= 0.6 is 11.6 Å². The third-order valence-corrected chi connectivity index (χ3v) is 3.70. The lowest BCUT2D eigenvalue weighted by atomic mass is 9.94. The second-order valence-corrected chi connectivity index (χ2v) is 5.21. The zero-order valence-electron chi connectivity index (χ0n) is 10.5. The topological polar surface area (TPSA) is 42.4 Å². The molecule has 4 heteroatoms. The summed E-state index contributed by atoms with van der Waals surface area (Å²) >= 11 is 5.94. The Morgan fingerprint density at radius 1 is 1.32 bits per heavy atom. The molecule has 1 unspecified atom stereocenters. The Labute approximate surface area is 116 Å². The van der Waals surface area contributed by atoms with Gasteiger partial charge in [-0.2, -0.15) is 0 Å². The van der Waals surface area contributed by atoms with E-state index in [0.717, 1.165) is 16.7 Å². The normalized spacial score (nSPS) is 21.6. The highest BCUT2D eigenvalue weighted by atomic mass is 35.5. The molecule has 1 aromatic carbocycles. The number of benzene rings is 1. The van der Waals surface area contributed by atoms with Crippen molar-refractivity contribution in [2.45, 2.75) is 25.6 Å². The summed E-state index contributed by atoms with van der Waals surface area (Å²) in [6, 6.07) is 7.28. The predicted octanol–water partition coefficient (Wildman–Crippen LogP) is 3.60. The minimum absolute atomic E-state index is 0.169. The minimum atomic E-state index is -0.563. The maximum absolute atomic E-state index is 10.2. The number of ether oxygens (including phenoxy) is 1. The number of hydrogen-bond acceptors (Lipinski definition) is 3. The molecule has 0 amide bonds. The molecule has 1 aliphatic rings. The third kappa shape index (κ3) is 2.31. The summed E-state index contributed by atoms with van der Waals surface area (Å²) in [7, 11) is 0. The van der Waals surface area contributed by atoms with E-state index in [9.17, 15) is 5.11 Å². The van der Waals surface area contributed by atoms with Gasteiger partial charge in [-0.25, -0.2) is 0 Å². The summed E-state index contributed by atoms with van der Waals surface area (Å²) in [5, 5.41) is 10.9. The van der Waals surface area contributed by atoms with Crippen molar-refractivity contribution in [3.63, 3.8) is 0 Å². The van der Waals surface area contributed by atoms with Crippen LogP contribution in [0.25, 0.3) is 0 Å². The Morgan fingerprint density at radius 3 is 2.95 bits per heavy atom. The number of hydrogen-bond donors (Lipinski definition) is 1. The molecule has 2 aromatic rings. The van der Waals surface area contributed by atoms with Gasteiger partial charge in [-0.05, 0) is 36.8 Å². The van der Waals surface area contributed by atoms with E-state index in [1.54, 1.807) is 30.6 Å². The van der Waals surface area contributed by atoms with Crippen LogP contribution in [0.2, 0.25) is 5.02 Å². The van der Waals surface area contributed by atoms with E-state index in [2.05, 4.69) is 4.98 Å². The largest absolute Gasteiger partial charge is 0.485 e. The first-order valence-corrected chi connectivity index (χ1v) is 6.57. The highest BCUT2D eigenvalue weighted by molar-refractivity contribution is 6.30. The van der Waals surface area contributed by atoms with Crippen LogP contribution in [0.4, 0.5) is 0 Å². The van der Waals surface area contributed by atoms with E-state index < -0.39 is 6.10 Å². The van der Waals surface area contributed by atoms with Crippen molar-refractivity contribution in [1.82, 2.24) is 4.98 Å². The van der Waals surface area contributed by atoms with Crippen molar-refractivity contribution in [2.75, 3.05) is 0 Å². The number of halogens is 1. The Hall–Kier alpha value is -1.58. The van der Waals surface area contributed by atoms with Crippen LogP contribution in [-0.4, -0.2) is 10.1 Å². The van der Waals surface area contributed by atoms with Gasteiger partial charge in [0.1, 0.15) is 11.9 Å². The van der Waals surface area contributed by atoms with Crippen molar-refractivity contribution < 1.29 is 9.84 Å². The summed E-state index contributed by atoms with van der Waals surface area (Å²) < 4.78 is 5.97. The summed E-state index contributed by atoms with van der Waals surface area (Å²) in [5.41, 5.74) is 2.89. The van der Waals surface area contributed by atoms with E-state index in [-0.39, 0.29) is 6.10 Å². The van der Waals surface area contributed by atoms with Gasteiger partial charge >= 0.3 is 0 Å². The maximum Gasteiger partial charge on any atom is 0.128 e. The Balaban J connectivity index is 1.97. The summed E-state index contributed by atoms with van der Waals surface area (Å²) in [4.78, 5) is 4.13. The molecule has 3 nitrogen and oxygen atoms in total. The first-order chi connectivity index (χ1) is 9.15. The molecule has 1 aromatic heterocycles. The van der Waals surface area contributed by atoms with Crippen LogP contribution in [0.5, 0.6) is 5.75 Å². The van der Waals surface area contributed by atoms with Crippen LogP contribution in [-0.2, 0) is 0 Å². The number of aliphatic hydroxyl groups is 1. The molecule has 1 aliphatic heterocycles. The van der Waals surface area contributed by atoms with Crippen LogP contribution in [0.1, 0.15) is 35.3 Å². The van der Waals surface area contributed by atoms with E-state index in [1.165, 1.54) is 0 Å². The number of nitrogens with zero attached hydrogens (tertiary/aromatic N) is 1. The SMILES string of the molecule is Cc1ccncc1C1C[C@@H](O)c2cc(Cl)ccc2O1. The first kappa shape index (κ1) is 12.5. The van der Waals surface area contributed by atoms with Gasteiger partial charge in [0.25, 0.3) is 0 Å². The summed E-state index contributed by atoms with van der Waals surface area (Å²) in [5.74, 6) is 0.691. The van der Waals surface area contributed by atoms with Crippen molar-refractivity contribution in [1.29, 1.82) is 0 Å². The zero-order valence-corrected chi connectivity index (χ0v) is 11.3. The second-order valence-electron chi connectivity index (χ2n) is 4.77. The summed E-state index contributed by atoms with van der Waals surface area (Å²) in [6.07, 6.45) is 3.34. The zero-order chi connectivity index (χ0) is 13.4. The van der Waals surface area contributed by atoms with Crippen LogP contribution in [0, 0.1) is 6.92 Å². The van der Waals surface area contributed by atoms with E-state index in [0.29, 0.717) is 17.2 Å². The Morgan fingerprint density at radius 2 is 2.16 bits per heavy atom. The van der Waals surface area contributed by atoms with Gasteiger partial charge in [0, 0.05) is 35.0 Å². The van der Waals surface area contributed by atoms with Crippen molar-refractivity contribution in [2.24, 2.45) is 0 Å². The molecule has 3 rings (SSSR count). The fourth-order valence-electron chi connectivity index (χ4n) is 2.42. The number of fused-ring (bicyclic) bond motifs is 1. The smallest absolute Gasteiger partial charge is 0.128 e. The van der Waals surface area contributed by atoms with Crippen LogP contribution in [0.3, 0.4) is 0 Å². The molecule has 1 N–H and O–H groups in total. The molecular weight excluding hydrogens is 262 g/mol. The highest BCUT2D eigenvalue weighted by Crippen LogP contribution is 2.42. The van der Waals surface area contributed by atoms with Crippen molar-refractivity contribution in [3.05, 3.63) is 58.4 Å². The lowest BCUT2D eigenvalue weighted by molar-refractivity contribution is 0.0653. The molecule has 0 radical (unpaired) electrons. The van der Waals surface area contributed by atoms with Gasteiger partial charge in [0.15, 0.2) is 0 Å². The lowest BCUT2D eigenvalue weighted by Gasteiger charge is -2.30. The number of aromatic nitrogens is 1. The fourth-order valence-corrected chi connectivity index (χ4v) is 2.60. The van der Waals surface area contributed by atoms with E-state index in [1.807, 2.05) is 13.0 Å². The molecule has 2 heterocycles. The minimum Gasteiger partial charge on any atom is -0.485 e. The van der Waals surface area contributed by atoms with E-state index in [4.69, 9.17) is 16.3 Å². The molecule has 98 valence electrons. The Kier molecular flexibility index (Phi) is 3.17. The first-order valence-electron chi connectivity index (χ1n) is 6.20. The number of aliphatic hydroxyl groups excluding tert-OH is 1. The monoisotopic (exact) mass is 275 g/mol. The lowest BCUT2D eigenvalue weighted by Crippen LogP contribution is -2.19. The fraction of sp³-hybridized carbons (Fsp3) is 0.267. The molecule has 0 spiro atoms. The molecule has 0 saturated carbocycles. The molecule has 0 saturated heterocycles. The third-order valence-electron chi connectivity index (χ3n) is 3.46. The van der Waals surface area contributed by atoms with Gasteiger partial charge in [0.2, 0.25) is 0 Å².